The van der Waals surface area contributed by atoms with Crippen LogP contribution < -0.4 is 4.74 Å². The fourth-order valence-corrected chi connectivity index (χ4v) is 11.1. The zero-order chi connectivity index (χ0) is 33.9. The number of benzene rings is 1. The molecule has 0 spiro atoms. The van der Waals surface area contributed by atoms with Gasteiger partial charge in [0, 0.05) is 24.7 Å². The Bertz CT molecular complexity index is 1160. The molecule has 1 aromatic rings. The fourth-order valence-electron chi connectivity index (χ4n) is 8.35. The Kier molecular flexibility index (Phi) is 11.4. The number of hydrogen-bond acceptors (Lipinski definition) is 6. The summed E-state index contributed by atoms with van der Waals surface area (Å²) >= 11 is 0. The summed E-state index contributed by atoms with van der Waals surface area (Å²) < 4.78 is 108. The molecule has 3 saturated carbocycles. The van der Waals surface area contributed by atoms with Crippen LogP contribution in [0.4, 0.5) is 26.3 Å². The summed E-state index contributed by atoms with van der Waals surface area (Å²) in [5, 5.41) is 0.615. The normalized spacial score (nSPS) is 31.7. The van der Waals surface area contributed by atoms with E-state index in [-0.39, 0.29) is 44.7 Å². The summed E-state index contributed by atoms with van der Waals surface area (Å²) in [6, 6.07) is 6.58. The third-order valence-corrected chi connectivity index (χ3v) is 14.1. The summed E-state index contributed by atoms with van der Waals surface area (Å²) in [6.45, 7) is 2.37. The number of fused-ring (bicyclic) bond motifs is 5. The number of ether oxygens (including phenoxy) is 4. The van der Waals surface area contributed by atoms with E-state index in [1.807, 2.05) is 21.6 Å². The summed E-state index contributed by atoms with van der Waals surface area (Å²) in [4.78, 5) is 0. The molecule has 262 valence electrons. The Hall–Kier alpha value is -0.820. The molecule has 0 heterocycles. The van der Waals surface area contributed by atoms with Gasteiger partial charge in [0.2, 0.25) is 0 Å². The first-order valence-electron chi connectivity index (χ1n) is 17.3. The van der Waals surface area contributed by atoms with Gasteiger partial charge in [-0.05, 0) is 124 Å². The van der Waals surface area contributed by atoms with E-state index in [9.17, 15) is 26.3 Å². The molecule has 1 aromatic carbocycles. The fraction of sp³-hybridized carbons (Fsp3) is 0.824. The van der Waals surface area contributed by atoms with Crippen LogP contribution in [0.2, 0.25) is 0 Å². The van der Waals surface area contributed by atoms with Crippen molar-refractivity contribution in [2.75, 3.05) is 32.7 Å². The molecule has 4 nitrogen and oxygen atoms in total. The molecule has 0 bridgehead atoms. The second-order valence-corrected chi connectivity index (χ2v) is 16.6. The van der Waals surface area contributed by atoms with Gasteiger partial charge in [0.15, 0.2) is 0 Å². The van der Waals surface area contributed by atoms with Gasteiger partial charge in [-0.3, -0.25) is 0 Å². The van der Waals surface area contributed by atoms with E-state index in [2.05, 4.69) is 29.9 Å². The van der Waals surface area contributed by atoms with Crippen LogP contribution >= 0.6 is 21.6 Å². The zero-order valence-electron chi connectivity index (χ0n) is 27.7. The molecule has 0 saturated heterocycles. The maximum Gasteiger partial charge on any atom is 0.426 e. The molecule has 0 N–H and O–H groups in total. The first kappa shape index (κ1) is 35.0. The third kappa shape index (κ3) is 7.81. The first-order valence-corrected chi connectivity index (χ1v) is 19.0. The summed E-state index contributed by atoms with van der Waals surface area (Å²) in [5.74, 6) is 3.45. The van der Waals surface area contributed by atoms with Crippen molar-refractivity contribution in [2.24, 2.45) is 17.3 Å². The van der Waals surface area contributed by atoms with Gasteiger partial charge in [0.25, 0.3) is 5.60 Å². The van der Waals surface area contributed by atoms with E-state index in [1.165, 1.54) is 11.1 Å². The van der Waals surface area contributed by atoms with E-state index < -0.39 is 24.6 Å². The van der Waals surface area contributed by atoms with Crippen molar-refractivity contribution in [3.05, 3.63) is 29.3 Å². The van der Waals surface area contributed by atoms with Crippen molar-refractivity contribution in [1.82, 2.24) is 0 Å². The molecule has 5 rings (SSSR count). The predicted octanol–water partition coefficient (Wildman–Crippen LogP) is 9.94. The van der Waals surface area contributed by atoms with Crippen LogP contribution in [0.5, 0.6) is 5.75 Å². The molecule has 5 unspecified atom stereocenters. The van der Waals surface area contributed by atoms with E-state index in [4.69, 9.17) is 15.6 Å². The molecular weight excluding hydrogens is 650 g/mol. The van der Waals surface area contributed by atoms with Gasteiger partial charge < -0.3 is 18.9 Å². The molecule has 3 fully saturated rings. The smallest absolute Gasteiger partial charge is 0.426 e. The molecule has 46 heavy (non-hydrogen) atoms. The van der Waals surface area contributed by atoms with Crippen molar-refractivity contribution < 1.29 is 46.7 Å². The Labute approximate surface area is 278 Å². The van der Waals surface area contributed by atoms with Gasteiger partial charge in [-0.15, -0.1) is 0 Å². The van der Waals surface area contributed by atoms with Crippen molar-refractivity contribution >= 4 is 21.6 Å². The van der Waals surface area contributed by atoms with Crippen LogP contribution in [0.3, 0.4) is 0 Å². The number of aryl methyl sites for hydroxylation is 1. The molecular formula is C34H48F6O4S2. The average molecular weight is 700 g/mol. The van der Waals surface area contributed by atoms with Gasteiger partial charge in [-0.2, -0.15) is 26.3 Å². The number of alkyl halides is 6. The van der Waals surface area contributed by atoms with E-state index in [0.29, 0.717) is 29.6 Å². The van der Waals surface area contributed by atoms with Gasteiger partial charge >= 0.3 is 12.4 Å². The lowest BCUT2D eigenvalue weighted by Crippen LogP contribution is -2.56. The minimum atomic E-state index is -5.55. The molecule has 0 aromatic heterocycles. The predicted molar refractivity (Wildman–Crippen MR) is 170 cm³/mol. The molecule has 0 aliphatic heterocycles. The lowest BCUT2D eigenvalue weighted by Gasteiger charge is -2.50. The highest BCUT2D eigenvalue weighted by atomic mass is 33.1. The van der Waals surface area contributed by atoms with Crippen molar-refractivity contribution in [3.8, 4) is 5.75 Å². The topological polar surface area (TPSA) is 36.9 Å². The molecule has 7 atom stereocenters. The first-order chi connectivity index (χ1) is 22.3. The number of methoxy groups -OCH3 is 1. The molecule has 0 amide bonds. The van der Waals surface area contributed by atoms with Gasteiger partial charge in [0.1, 0.15) is 5.75 Å². The monoisotopic (exact) mass is 699 g/mol. The second-order valence-electron chi connectivity index (χ2n) is 13.8. The highest BCUT2D eigenvalue weighted by Gasteiger charge is 2.69. The summed E-state index contributed by atoms with van der Waals surface area (Å²) in [5.41, 5.74) is -1.45. The average Bonchev–Trinajstić information content (AvgIpc) is 3.60. The van der Waals surface area contributed by atoms with Crippen LogP contribution in [0.25, 0.3) is 0 Å². The minimum Gasteiger partial charge on any atom is -0.494 e. The van der Waals surface area contributed by atoms with E-state index >= 15 is 0 Å². The highest BCUT2D eigenvalue weighted by Crippen LogP contribution is 2.61. The van der Waals surface area contributed by atoms with Gasteiger partial charge in [-0.25, -0.2) is 0 Å². The lowest BCUT2D eigenvalue weighted by molar-refractivity contribution is -0.374. The quantitative estimate of drug-likeness (QED) is 0.109. The second kappa shape index (κ2) is 15.0. The number of hydrogen-bond donors (Lipinski definition) is 0. The Morgan fingerprint density at radius 2 is 1.76 bits per heavy atom. The molecule has 4 aliphatic carbocycles. The largest absolute Gasteiger partial charge is 0.494 e. The highest BCUT2D eigenvalue weighted by molar-refractivity contribution is 8.76. The van der Waals surface area contributed by atoms with Crippen molar-refractivity contribution in [1.29, 1.82) is 0 Å². The van der Waals surface area contributed by atoms with Crippen LogP contribution in [0.15, 0.2) is 18.2 Å². The standard InChI is InChI=1S/C34H48F6O4S2/c1-31-15-14-27-26-11-8-24(42-17-5-19-45-46-25-9-7-23(21-25)41-3)20-22(26)6-10-28(27)29(31)12-13-30(31)43-16-4-18-44-32(2,33(35,36)37)34(38,39)40/h8,11,20,23,25,27-30H,4-7,9-10,12-19,21H2,1-3H3/t23?,25?,27?,28?,29?,30-,31-/m0/s1/i3D. The van der Waals surface area contributed by atoms with Crippen LogP contribution in [0.1, 0.15) is 96.5 Å². The van der Waals surface area contributed by atoms with Gasteiger partial charge in [0.05, 0.1) is 26.8 Å². The summed E-state index contributed by atoms with van der Waals surface area (Å²) in [7, 11) is 3.89. The Morgan fingerprint density at radius 1 is 0.957 bits per heavy atom. The van der Waals surface area contributed by atoms with E-state index in [1.54, 1.807) is 0 Å². The zero-order valence-corrected chi connectivity index (χ0v) is 28.4. The Balaban J connectivity index is 1.05. The maximum absolute atomic E-state index is 13.1. The lowest BCUT2D eigenvalue weighted by atomic mass is 9.55. The van der Waals surface area contributed by atoms with Crippen LogP contribution in [-0.4, -0.2) is 68.1 Å². The SMILES string of the molecule is [2H]COC1CCC(SSCCCOc2ccc3c(c2)CCC2C3CC[C@@]3(C)C2CC[C@@H]3OCCCOC(C)(C(F)(F)F)C(F)(F)F)C1. The molecule has 0 radical (unpaired) electrons. The number of rotatable bonds is 14. The Morgan fingerprint density at radius 3 is 2.52 bits per heavy atom. The van der Waals surface area contributed by atoms with E-state index in [0.717, 1.165) is 75.7 Å². The van der Waals surface area contributed by atoms with Crippen LogP contribution in [-0.2, 0) is 20.6 Å². The summed E-state index contributed by atoms with van der Waals surface area (Å²) in [6.07, 6.45) is -0.721. The maximum atomic E-state index is 13.1. The molecule has 4 aliphatic rings. The minimum absolute atomic E-state index is 0.0365. The van der Waals surface area contributed by atoms with Gasteiger partial charge in [-0.1, -0.05) is 34.6 Å². The van der Waals surface area contributed by atoms with Crippen molar-refractivity contribution in [3.63, 3.8) is 0 Å². The van der Waals surface area contributed by atoms with Crippen LogP contribution in [0, 0.1) is 17.3 Å². The third-order valence-electron chi connectivity index (χ3n) is 11.1. The number of halogens is 6. The van der Waals surface area contributed by atoms with Crippen molar-refractivity contribution in [2.45, 2.75) is 126 Å². The molecule has 12 heteroatoms.